The monoisotopic (exact) mass is 272 g/mol. The van der Waals surface area contributed by atoms with Crippen LogP contribution in [0.4, 0.5) is 4.79 Å². The fourth-order valence-corrected chi connectivity index (χ4v) is 2.62. The highest BCUT2D eigenvalue weighted by Gasteiger charge is 2.22. The van der Waals surface area contributed by atoms with E-state index in [9.17, 15) is 4.79 Å². The molecule has 2 N–H and O–H groups in total. The van der Waals surface area contributed by atoms with Crippen molar-refractivity contribution in [3.8, 4) is 12.3 Å². The normalized spacial score (nSPS) is 17.9. The van der Waals surface area contributed by atoms with E-state index in [1.165, 1.54) is 18.2 Å². The first-order chi connectivity index (χ1) is 9.65. The van der Waals surface area contributed by atoms with Crippen LogP contribution in [-0.4, -0.2) is 19.7 Å². The minimum Gasteiger partial charge on any atom is -0.453 e. The Balaban J connectivity index is 2.09. The average molecular weight is 272 g/mol. The molecular formula is C16H20N2O2. The fourth-order valence-electron chi connectivity index (χ4n) is 2.62. The smallest absolute Gasteiger partial charge is 0.407 e. The number of carbonyl (C=O) groups is 1. The van der Waals surface area contributed by atoms with Crippen molar-refractivity contribution < 1.29 is 9.53 Å². The second kappa shape index (κ2) is 6.44. The molecule has 106 valence electrons. The Bertz CT molecular complexity index is 534. The minimum absolute atomic E-state index is 0.0644. The number of benzene rings is 1. The number of hydrogen-bond donors (Lipinski definition) is 2. The molecule has 0 saturated carbocycles. The van der Waals surface area contributed by atoms with Crippen LogP contribution in [-0.2, 0) is 11.2 Å². The van der Waals surface area contributed by atoms with Crippen LogP contribution in [0.15, 0.2) is 18.2 Å². The Morgan fingerprint density at radius 2 is 2.40 bits per heavy atom. The molecule has 0 bridgehead atoms. The van der Waals surface area contributed by atoms with Crippen molar-refractivity contribution in [3.63, 3.8) is 0 Å². The van der Waals surface area contributed by atoms with Gasteiger partial charge >= 0.3 is 6.09 Å². The highest BCUT2D eigenvalue weighted by Crippen LogP contribution is 2.32. The van der Waals surface area contributed by atoms with Gasteiger partial charge in [-0.05, 0) is 36.5 Å². The van der Waals surface area contributed by atoms with Crippen LogP contribution in [0.1, 0.15) is 42.1 Å². The number of carbonyl (C=O) groups excluding carboxylic acids is 1. The van der Waals surface area contributed by atoms with E-state index in [4.69, 9.17) is 6.42 Å². The summed E-state index contributed by atoms with van der Waals surface area (Å²) in [6.07, 6.45) is 6.98. The van der Waals surface area contributed by atoms with Gasteiger partial charge < -0.3 is 10.1 Å². The van der Waals surface area contributed by atoms with Crippen molar-refractivity contribution in [3.05, 3.63) is 34.9 Å². The van der Waals surface area contributed by atoms with Crippen molar-refractivity contribution in [2.24, 2.45) is 0 Å². The number of terminal acetylenes is 1. The molecule has 1 aromatic rings. The van der Waals surface area contributed by atoms with Crippen molar-refractivity contribution in [2.45, 2.75) is 31.8 Å². The van der Waals surface area contributed by atoms with Gasteiger partial charge in [0.05, 0.1) is 19.7 Å². The van der Waals surface area contributed by atoms with E-state index in [0.717, 1.165) is 18.4 Å². The fraction of sp³-hybridized carbons (Fsp3) is 0.438. The molecule has 1 amide bonds. The third kappa shape index (κ3) is 3.12. The summed E-state index contributed by atoms with van der Waals surface area (Å²) in [5.41, 5.74) is 3.73. The number of fused-ring (bicyclic) bond motifs is 1. The zero-order chi connectivity index (χ0) is 14.5. The Morgan fingerprint density at radius 1 is 1.60 bits per heavy atom. The maximum atomic E-state index is 11.2. The highest BCUT2D eigenvalue weighted by molar-refractivity contribution is 5.67. The van der Waals surface area contributed by atoms with Crippen LogP contribution in [0.3, 0.4) is 0 Å². The van der Waals surface area contributed by atoms with Crippen LogP contribution in [0.25, 0.3) is 0 Å². The molecule has 0 radical (unpaired) electrons. The summed E-state index contributed by atoms with van der Waals surface area (Å²) >= 11 is 0. The van der Waals surface area contributed by atoms with Gasteiger partial charge in [0, 0.05) is 6.04 Å². The van der Waals surface area contributed by atoms with Gasteiger partial charge in [-0.25, -0.2) is 4.79 Å². The Morgan fingerprint density at radius 3 is 3.10 bits per heavy atom. The average Bonchev–Trinajstić information content (AvgIpc) is 2.87. The molecule has 0 fully saturated rings. The third-order valence-corrected chi connectivity index (χ3v) is 3.72. The lowest BCUT2D eigenvalue weighted by atomic mass is 10.0. The molecule has 0 aliphatic heterocycles. The molecule has 20 heavy (non-hydrogen) atoms. The van der Waals surface area contributed by atoms with Gasteiger partial charge in [-0.1, -0.05) is 24.1 Å². The number of methoxy groups -OCH3 is 1. The predicted molar refractivity (Wildman–Crippen MR) is 78.3 cm³/mol. The van der Waals surface area contributed by atoms with Crippen LogP contribution in [0, 0.1) is 12.3 Å². The van der Waals surface area contributed by atoms with Crippen LogP contribution in [0.5, 0.6) is 0 Å². The van der Waals surface area contributed by atoms with E-state index >= 15 is 0 Å². The van der Waals surface area contributed by atoms with E-state index in [2.05, 4.69) is 39.5 Å². The minimum atomic E-state index is -0.411. The summed E-state index contributed by atoms with van der Waals surface area (Å²) in [5, 5.41) is 6.13. The largest absolute Gasteiger partial charge is 0.453 e. The van der Waals surface area contributed by atoms with E-state index in [1.54, 1.807) is 0 Å². The van der Waals surface area contributed by atoms with Gasteiger partial charge in [0.15, 0.2) is 0 Å². The molecule has 2 rings (SSSR count). The van der Waals surface area contributed by atoms with E-state index in [1.807, 2.05) is 6.92 Å². The quantitative estimate of drug-likeness (QED) is 0.827. The lowest BCUT2D eigenvalue weighted by Crippen LogP contribution is -2.26. The molecule has 0 aromatic heterocycles. The van der Waals surface area contributed by atoms with Crippen molar-refractivity contribution >= 4 is 6.09 Å². The van der Waals surface area contributed by atoms with Crippen LogP contribution in [0.2, 0.25) is 0 Å². The van der Waals surface area contributed by atoms with Crippen molar-refractivity contribution in [2.75, 3.05) is 13.7 Å². The third-order valence-electron chi connectivity index (χ3n) is 3.72. The van der Waals surface area contributed by atoms with Gasteiger partial charge in [0.2, 0.25) is 0 Å². The molecule has 0 saturated heterocycles. The molecule has 1 aromatic carbocycles. The number of hydrogen-bond acceptors (Lipinski definition) is 3. The van der Waals surface area contributed by atoms with E-state index < -0.39 is 6.09 Å². The second-order valence-electron chi connectivity index (χ2n) is 4.99. The van der Waals surface area contributed by atoms with E-state index in [-0.39, 0.29) is 6.04 Å². The summed E-state index contributed by atoms with van der Waals surface area (Å²) in [6.45, 7) is 2.54. The number of alkyl carbamates (subject to hydrolysis) is 1. The molecule has 4 heteroatoms. The molecule has 4 nitrogen and oxygen atoms in total. The zero-order valence-electron chi connectivity index (χ0n) is 11.9. The first kappa shape index (κ1) is 14.4. The molecular weight excluding hydrogens is 252 g/mol. The number of aryl methyl sites for hydroxylation is 1. The van der Waals surface area contributed by atoms with Crippen LogP contribution >= 0.6 is 0 Å². The molecule has 1 aliphatic rings. The predicted octanol–water partition coefficient (Wildman–Crippen LogP) is 2.31. The lowest BCUT2D eigenvalue weighted by molar-refractivity contribution is 0.167. The van der Waals surface area contributed by atoms with Crippen LogP contribution < -0.4 is 10.6 Å². The first-order valence-electron chi connectivity index (χ1n) is 6.79. The van der Waals surface area contributed by atoms with Gasteiger partial charge in [0.1, 0.15) is 0 Å². The Kier molecular flexibility index (Phi) is 4.65. The zero-order valence-corrected chi connectivity index (χ0v) is 11.9. The number of nitrogens with one attached hydrogen (secondary N) is 2. The summed E-state index contributed by atoms with van der Waals surface area (Å²) in [5.74, 6) is 2.61. The van der Waals surface area contributed by atoms with E-state index in [0.29, 0.717) is 12.6 Å². The standard InChI is InChI=1S/C16H20N2O2/c1-4-9-17-15-8-6-13-10-12(5-7-14(13)15)11(2)18-16(19)20-3/h1,5,7,10-11,15,17H,6,8-9H2,2-3H3,(H,18,19)/t11?,15-/m1/s1. The van der Waals surface area contributed by atoms with Gasteiger partial charge in [0.25, 0.3) is 0 Å². The number of amides is 1. The molecule has 1 unspecified atom stereocenters. The van der Waals surface area contributed by atoms with Crippen molar-refractivity contribution in [1.82, 2.24) is 10.6 Å². The molecule has 0 heterocycles. The molecule has 0 spiro atoms. The van der Waals surface area contributed by atoms with Gasteiger partial charge in [-0.15, -0.1) is 6.42 Å². The Labute approximate surface area is 119 Å². The van der Waals surface area contributed by atoms with Crippen molar-refractivity contribution in [1.29, 1.82) is 0 Å². The number of rotatable bonds is 4. The topological polar surface area (TPSA) is 50.4 Å². The number of ether oxygens (including phenoxy) is 1. The SMILES string of the molecule is C#CCN[C@@H]1CCc2cc(C(C)NC(=O)OC)ccc21. The summed E-state index contributed by atoms with van der Waals surface area (Å²) in [6, 6.07) is 6.62. The Hall–Kier alpha value is -1.99. The van der Waals surface area contributed by atoms with Gasteiger partial charge in [-0.3, -0.25) is 5.32 Å². The summed E-state index contributed by atoms with van der Waals surface area (Å²) < 4.78 is 4.62. The highest BCUT2D eigenvalue weighted by atomic mass is 16.5. The summed E-state index contributed by atoms with van der Waals surface area (Å²) in [4.78, 5) is 11.2. The lowest BCUT2D eigenvalue weighted by Gasteiger charge is -2.16. The summed E-state index contributed by atoms with van der Waals surface area (Å²) in [7, 11) is 1.37. The maximum absolute atomic E-state index is 11.2. The van der Waals surface area contributed by atoms with Gasteiger partial charge in [-0.2, -0.15) is 0 Å². The maximum Gasteiger partial charge on any atom is 0.407 e. The second-order valence-corrected chi connectivity index (χ2v) is 4.99. The molecule has 2 atom stereocenters. The molecule has 1 aliphatic carbocycles. The first-order valence-corrected chi connectivity index (χ1v) is 6.79.